The fraction of sp³-hybridized carbons (Fsp3) is 0.632. The normalized spacial score (nSPS) is 17.3. The summed E-state index contributed by atoms with van der Waals surface area (Å²) < 4.78 is 0. The third-order valence-corrected chi connectivity index (χ3v) is 4.90. The molecule has 134 valence electrons. The minimum absolute atomic E-state index is 0.516. The quantitative estimate of drug-likeness (QED) is 0.639. The molecule has 1 aromatic carbocycles. The first-order valence-corrected chi connectivity index (χ1v) is 9.19. The lowest BCUT2D eigenvalue weighted by molar-refractivity contribution is 0.229. The number of piperazine rings is 1. The number of hydrogen-bond donors (Lipinski definition) is 1. The fourth-order valence-electron chi connectivity index (χ4n) is 3.36. The average Bonchev–Trinajstić information content (AvgIpc) is 2.64. The van der Waals surface area contributed by atoms with Gasteiger partial charge in [0.2, 0.25) is 0 Å². The van der Waals surface area contributed by atoms with Crippen molar-refractivity contribution >= 4 is 11.6 Å². The molecule has 1 atom stereocenters. The summed E-state index contributed by atoms with van der Waals surface area (Å²) in [5.74, 6) is 1.03. The van der Waals surface area contributed by atoms with Crippen LogP contribution in [0.15, 0.2) is 35.3 Å². The molecule has 1 unspecified atom stereocenters. The van der Waals surface area contributed by atoms with Crippen LogP contribution in [0.4, 0.5) is 5.69 Å². The summed E-state index contributed by atoms with van der Waals surface area (Å²) in [4.78, 5) is 11.8. The highest BCUT2D eigenvalue weighted by Crippen LogP contribution is 2.15. The smallest absolute Gasteiger partial charge is 0.193 e. The molecule has 1 fully saturated rings. The first-order chi connectivity index (χ1) is 11.7. The van der Waals surface area contributed by atoms with Crippen LogP contribution in [0.5, 0.6) is 0 Å². The molecule has 1 N–H and O–H groups in total. The van der Waals surface area contributed by atoms with Crippen LogP contribution >= 0.6 is 0 Å². The number of anilines is 1. The van der Waals surface area contributed by atoms with Gasteiger partial charge in [-0.2, -0.15) is 0 Å². The first kappa shape index (κ1) is 18.6. The molecule has 1 heterocycles. The van der Waals surface area contributed by atoms with Crippen LogP contribution in [0.2, 0.25) is 0 Å². The minimum atomic E-state index is 0.516. The van der Waals surface area contributed by atoms with E-state index >= 15 is 0 Å². The number of guanidine groups is 1. The summed E-state index contributed by atoms with van der Waals surface area (Å²) in [7, 11) is 1.88. The van der Waals surface area contributed by atoms with E-state index in [2.05, 4.69) is 76.1 Å². The van der Waals surface area contributed by atoms with Gasteiger partial charge in [0, 0.05) is 51.5 Å². The number of nitrogens with one attached hydrogen (secondary N) is 1. The summed E-state index contributed by atoms with van der Waals surface area (Å²) in [6.45, 7) is 13.9. The molecule has 0 amide bonds. The Balaban J connectivity index is 1.83. The standard InChI is InChI=1S/C19H33N5/c1-5-22(6-2)17(3)16-21-19(20-4)24-14-12-23(13-15-24)18-10-8-7-9-11-18/h7-11,17H,5-6,12-16H2,1-4H3,(H,20,21). The second-order valence-corrected chi connectivity index (χ2v) is 6.31. The second-order valence-electron chi connectivity index (χ2n) is 6.31. The number of rotatable bonds is 6. The number of para-hydroxylation sites is 1. The first-order valence-electron chi connectivity index (χ1n) is 9.19. The van der Waals surface area contributed by atoms with Crippen molar-refractivity contribution in [3.63, 3.8) is 0 Å². The van der Waals surface area contributed by atoms with Gasteiger partial charge in [0.15, 0.2) is 5.96 Å². The summed E-state index contributed by atoms with van der Waals surface area (Å²) in [6, 6.07) is 11.2. The Labute approximate surface area is 147 Å². The van der Waals surface area contributed by atoms with Gasteiger partial charge < -0.3 is 15.1 Å². The van der Waals surface area contributed by atoms with Gasteiger partial charge in [-0.25, -0.2) is 0 Å². The highest BCUT2D eigenvalue weighted by atomic mass is 15.3. The van der Waals surface area contributed by atoms with Gasteiger partial charge in [-0.15, -0.1) is 0 Å². The second kappa shape index (κ2) is 9.52. The van der Waals surface area contributed by atoms with Gasteiger partial charge in [-0.3, -0.25) is 9.89 Å². The van der Waals surface area contributed by atoms with Crippen molar-refractivity contribution in [3.05, 3.63) is 30.3 Å². The Morgan fingerprint density at radius 3 is 2.29 bits per heavy atom. The molecule has 0 aliphatic carbocycles. The SMILES string of the molecule is CCN(CC)C(C)CNC(=NC)N1CCN(c2ccccc2)CC1. The molecular formula is C19H33N5. The van der Waals surface area contributed by atoms with Gasteiger partial charge in [-0.1, -0.05) is 32.0 Å². The van der Waals surface area contributed by atoms with Crippen LogP contribution in [0.3, 0.4) is 0 Å². The summed E-state index contributed by atoms with van der Waals surface area (Å²) in [5.41, 5.74) is 1.32. The maximum atomic E-state index is 4.49. The molecule has 2 rings (SSSR count). The van der Waals surface area contributed by atoms with Gasteiger partial charge in [0.1, 0.15) is 0 Å². The van der Waals surface area contributed by atoms with E-state index < -0.39 is 0 Å². The maximum Gasteiger partial charge on any atom is 0.193 e. The van der Waals surface area contributed by atoms with Crippen molar-refractivity contribution < 1.29 is 0 Å². The lowest BCUT2D eigenvalue weighted by Crippen LogP contribution is -2.54. The van der Waals surface area contributed by atoms with Crippen molar-refractivity contribution in [3.8, 4) is 0 Å². The maximum absolute atomic E-state index is 4.49. The zero-order chi connectivity index (χ0) is 17.4. The summed E-state index contributed by atoms with van der Waals surface area (Å²) in [6.07, 6.45) is 0. The molecule has 1 saturated heterocycles. The Morgan fingerprint density at radius 1 is 1.12 bits per heavy atom. The van der Waals surface area contributed by atoms with Crippen LogP contribution in [0.1, 0.15) is 20.8 Å². The van der Waals surface area contributed by atoms with E-state index in [0.717, 1.165) is 51.8 Å². The van der Waals surface area contributed by atoms with Gasteiger partial charge in [0.05, 0.1) is 0 Å². The molecule has 1 aliphatic rings. The third-order valence-electron chi connectivity index (χ3n) is 4.90. The fourth-order valence-corrected chi connectivity index (χ4v) is 3.36. The number of hydrogen-bond acceptors (Lipinski definition) is 3. The summed E-state index contributed by atoms with van der Waals surface area (Å²) in [5, 5.41) is 3.56. The highest BCUT2D eigenvalue weighted by Gasteiger charge is 2.20. The van der Waals surface area contributed by atoms with Crippen LogP contribution in [-0.4, -0.2) is 74.7 Å². The van der Waals surface area contributed by atoms with E-state index in [1.165, 1.54) is 5.69 Å². The minimum Gasteiger partial charge on any atom is -0.368 e. The number of nitrogens with zero attached hydrogens (tertiary/aromatic N) is 4. The van der Waals surface area contributed by atoms with Crippen molar-refractivity contribution in [1.29, 1.82) is 0 Å². The molecule has 24 heavy (non-hydrogen) atoms. The monoisotopic (exact) mass is 331 g/mol. The zero-order valence-electron chi connectivity index (χ0n) is 15.7. The Hall–Kier alpha value is -1.75. The van der Waals surface area contributed by atoms with E-state index in [4.69, 9.17) is 0 Å². The number of benzene rings is 1. The van der Waals surface area contributed by atoms with E-state index in [1.54, 1.807) is 0 Å². The highest BCUT2D eigenvalue weighted by molar-refractivity contribution is 5.80. The van der Waals surface area contributed by atoms with Crippen LogP contribution in [0, 0.1) is 0 Å². The predicted octanol–water partition coefficient (Wildman–Crippen LogP) is 2.11. The third kappa shape index (κ3) is 4.87. The van der Waals surface area contributed by atoms with Crippen LogP contribution in [0.25, 0.3) is 0 Å². The summed E-state index contributed by atoms with van der Waals surface area (Å²) >= 11 is 0. The molecule has 0 saturated carbocycles. The van der Waals surface area contributed by atoms with Crippen molar-refractivity contribution in [1.82, 2.24) is 15.1 Å². The lowest BCUT2D eigenvalue weighted by Gasteiger charge is -2.38. The van der Waals surface area contributed by atoms with E-state index in [9.17, 15) is 0 Å². The Bertz CT molecular complexity index is 490. The lowest BCUT2D eigenvalue weighted by atomic mass is 10.2. The van der Waals surface area contributed by atoms with Gasteiger partial charge >= 0.3 is 0 Å². The number of aliphatic imine (C=N–C) groups is 1. The van der Waals surface area contributed by atoms with Crippen molar-refractivity contribution in [2.24, 2.45) is 4.99 Å². The molecule has 0 radical (unpaired) electrons. The topological polar surface area (TPSA) is 34.1 Å². The average molecular weight is 332 g/mol. The Kier molecular flexibility index (Phi) is 7.37. The predicted molar refractivity (Wildman–Crippen MR) is 104 cm³/mol. The number of likely N-dealkylation sites (N-methyl/N-ethyl adjacent to an activating group) is 1. The molecule has 5 nitrogen and oxygen atoms in total. The van der Waals surface area contributed by atoms with Gasteiger partial charge in [-0.05, 0) is 32.1 Å². The molecule has 0 bridgehead atoms. The molecule has 1 aromatic rings. The van der Waals surface area contributed by atoms with Gasteiger partial charge in [0.25, 0.3) is 0 Å². The van der Waals surface area contributed by atoms with Crippen molar-refractivity contribution in [2.75, 3.05) is 57.8 Å². The molecule has 5 heteroatoms. The van der Waals surface area contributed by atoms with E-state index in [1.807, 2.05) is 7.05 Å². The molecular weight excluding hydrogens is 298 g/mol. The largest absolute Gasteiger partial charge is 0.368 e. The van der Waals surface area contributed by atoms with E-state index in [-0.39, 0.29) is 0 Å². The Morgan fingerprint density at radius 2 is 1.75 bits per heavy atom. The molecule has 0 spiro atoms. The molecule has 0 aromatic heterocycles. The zero-order valence-corrected chi connectivity index (χ0v) is 15.7. The van der Waals surface area contributed by atoms with E-state index in [0.29, 0.717) is 6.04 Å². The van der Waals surface area contributed by atoms with Crippen LogP contribution in [-0.2, 0) is 0 Å². The molecule has 1 aliphatic heterocycles. The van der Waals surface area contributed by atoms with Crippen LogP contribution < -0.4 is 10.2 Å². The van der Waals surface area contributed by atoms with Crippen molar-refractivity contribution in [2.45, 2.75) is 26.8 Å².